The molecule has 24 heavy (non-hydrogen) atoms. The van der Waals surface area contributed by atoms with Gasteiger partial charge in [-0.25, -0.2) is 0 Å². The molecule has 0 bridgehead atoms. The maximum atomic E-state index is 12.7. The molecule has 2 aromatic carbocycles. The summed E-state index contributed by atoms with van der Waals surface area (Å²) in [7, 11) is 0. The second-order valence-electron chi connectivity index (χ2n) is 5.11. The quantitative estimate of drug-likeness (QED) is 0.905. The van der Waals surface area contributed by atoms with Gasteiger partial charge in [0.2, 0.25) is 0 Å². The lowest BCUT2D eigenvalue weighted by atomic mass is 10.0. The van der Waals surface area contributed by atoms with Gasteiger partial charge in [0.05, 0.1) is 17.6 Å². The molecule has 0 unspecified atom stereocenters. The number of rotatable bonds is 5. The van der Waals surface area contributed by atoms with Crippen molar-refractivity contribution in [3.63, 3.8) is 0 Å². The molecule has 2 aromatic rings. The Morgan fingerprint density at radius 3 is 2.29 bits per heavy atom. The summed E-state index contributed by atoms with van der Waals surface area (Å²) in [5, 5.41) is 13.4. The first-order valence-electron chi connectivity index (χ1n) is 7.00. The maximum Gasteiger partial charge on any atom is 0.416 e. The predicted molar refractivity (Wildman–Crippen MR) is 77.9 cm³/mol. The Kier molecular flexibility index (Phi) is 5.23. The van der Waals surface area contributed by atoms with Crippen molar-refractivity contribution >= 4 is 11.9 Å². The third kappa shape index (κ3) is 4.58. The van der Waals surface area contributed by atoms with Crippen molar-refractivity contribution in [2.24, 2.45) is 0 Å². The van der Waals surface area contributed by atoms with E-state index in [-0.39, 0.29) is 12.0 Å². The van der Waals surface area contributed by atoms with Crippen LogP contribution in [-0.4, -0.2) is 17.9 Å². The molecule has 0 heterocycles. The van der Waals surface area contributed by atoms with E-state index in [0.717, 1.165) is 12.1 Å². The second kappa shape index (κ2) is 7.16. The number of amides is 1. The molecule has 126 valence electrons. The van der Waals surface area contributed by atoms with E-state index in [9.17, 15) is 27.9 Å². The van der Waals surface area contributed by atoms with Crippen LogP contribution in [0.4, 0.5) is 13.2 Å². The zero-order valence-corrected chi connectivity index (χ0v) is 12.3. The number of carbonyl (C=O) groups is 2. The number of halogens is 3. The number of hydrogen-bond acceptors (Lipinski definition) is 3. The molecule has 1 amide bonds. The predicted octanol–water partition coefficient (Wildman–Crippen LogP) is 1.80. The summed E-state index contributed by atoms with van der Waals surface area (Å²) in [6, 6.07) is 10.9. The van der Waals surface area contributed by atoms with Crippen LogP contribution in [0.25, 0.3) is 0 Å². The molecule has 0 fully saturated rings. The Labute approximate surface area is 135 Å². The minimum atomic E-state index is -4.59. The van der Waals surface area contributed by atoms with Gasteiger partial charge < -0.3 is 15.2 Å². The van der Waals surface area contributed by atoms with Crippen molar-refractivity contribution in [1.82, 2.24) is 5.32 Å². The lowest BCUT2D eigenvalue weighted by Crippen LogP contribution is -2.49. The Balaban J connectivity index is 2.15. The van der Waals surface area contributed by atoms with E-state index in [1.165, 1.54) is 6.07 Å². The van der Waals surface area contributed by atoms with Gasteiger partial charge in [0, 0.05) is 5.56 Å². The lowest BCUT2D eigenvalue weighted by Gasteiger charge is -2.20. The van der Waals surface area contributed by atoms with Crippen LogP contribution in [0.1, 0.15) is 21.5 Å². The third-order valence-corrected chi connectivity index (χ3v) is 3.32. The molecule has 0 radical (unpaired) electrons. The van der Waals surface area contributed by atoms with Crippen molar-refractivity contribution in [2.45, 2.75) is 18.6 Å². The number of hydrogen-bond donors (Lipinski definition) is 1. The fourth-order valence-corrected chi connectivity index (χ4v) is 2.12. The molecule has 1 atom stereocenters. The molecule has 0 saturated carbocycles. The summed E-state index contributed by atoms with van der Waals surface area (Å²) in [6.07, 6.45) is -4.62. The van der Waals surface area contributed by atoms with E-state index >= 15 is 0 Å². The fraction of sp³-hybridized carbons (Fsp3) is 0.176. The Hall–Kier alpha value is -2.83. The van der Waals surface area contributed by atoms with Crippen molar-refractivity contribution in [2.75, 3.05) is 0 Å². The van der Waals surface area contributed by atoms with Crippen LogP contribution in [0.15, 0.2) is 54.6 Å². The van der Waals surface area contributed by atoms with Gasteiger partial charge in [0.1, 0.15) is 0 Å². The Morgan fingerprint density at radius 1 is 1.04 bits per heavy atom. The smallest absolute Gasteiger partial charge is 0.416 e. The van der Waals surface area contributed by atoms with E-state index in [1.54, 1.807) is 30.3 Å². The zero-order valence-electron chi connectivity index (χ0n) is 12.3. The summed E-state index contributed by atoms with van der Waals surface area (Å²) < 4.78 is 38.0. The van der Waals surface area contributed by atoms with Gasteiger partial charge in [-0.3, -0.25) is 4.79 Å². The molecule has 2 rings (SSSR count). The van der Waals surface area contributed by atoms with Crippen molar-refractivity contribution in [3.8, 4) is 0 Å². The molecular formula is C17H13F3NO3-. The molecule has 0 saturated heterocycles. The van der Waals surface area contributed by atoms with E-state index < -0.39 is 29.7 Å². The van der Waals surface area contributed by atoms with Gasteiger partial charge in [-0.05, 0) is 30.2 Å². The molecular weight excluding hydrogens is 323 g/mol. The highest BCUT2D eigenvalue weighted by Gasteiger charge is 2.31. The maximum absolute atomic E-state index is 12.7. The highest BCUT2D eigenvalue weighted by molar-refractivity contribution is 5.96. The number of carbonyl (C=O) groups excluding carboxylic acids is 2. The molecule has 0 aliphatic carbocycles. The highest BCUT2D eigenvalue weighted by atomic mass is 19.4. The van der Waals surface area contributed by atoms with Crippen LogP contribution in [0.3, 0.4) is 0 Å². The van der Waals surface area contributed by atoms with Crippen LogP contribution in [0.5, 0.6) is 0 Å². The zero-order chi connectivity index (χ0) is 17.7. The van der Waals surface area contributed by atoms with E-state index in [0.29, 0.717) is 11.6 Å². The summed E-state index contributed by atoms with van der Waals surface area (Å²) in [5.74, 6) is -2.43. The average Bonchev–Trinajstić information content (AvgIpc) is 2.54. The highest BCUT2D eigenvalue weighted by Crippen LogP contribution is 2.29. The summed E-state index contributed by atoms with van der Waals surface area (Å²) in [4.78, 5) is 23.3. The number of alkyl halides is 3. The topological polar surface area (TPSA) is 69.2 Å². The van der Waals surface area contributed by atoms with Crippen LogP contribution < -0.4 is 10.4 Å². The van der Waals surface area contributed by atoms with Crippen molar-refractivity contribution in [1.29, 1.82) is 0 Å². The molecule has 0 aliphatic heterocycles. The van der Waals surface area contributed by atoms with Crippen LogP contribution >= 0.6 is 0 Å². The van der Waals surface area contributed by atoms with E-state index in [2.05, 4.69) is 5.32 Å². The van der Waals surface area contributed by atoms with Crippen LogP contribution in [0, 0.1) is 0 Å². The van der Waals surface area contributed by atoms with Gasteiger partial charge in [-0.1, -0.05) is 36.4 Å². The number of nitrogens with one attached hydrogen (secondary N) is 1. The Morgan fingerprint density at radius 2 is 1.71 bits per heavy atom. The first kappa shape index (κ1) is 17.5. The van der Waals surface area contributed by atoms with Crippen molar-refractivity contribution in [3.05, 3.63) is 71.3 Å². The molecule has 4 nitrogen and oxygen atoms in total. The van der Waals surface area contributed by atoms with Gasteiger partial charge in [-0.2, -0.15) is 13.2 Å². The van der Waals surface area contributed by atoms with E-state index in [4.69, 9.17) is 0 Å². The fourth-order valence-electron chi connectivity index (χ4n) is 2.12. The number of benzene rings is 2. The number of aliphatic carboxylic acids is 1. The van der Waals surface area contributed by atoms with Crippen LogP contribution in [-0.2, 0) is 17.4 Å². The average molecular weight is 336 g/mol. The summed E-state index contributed by atoms with van der Waals surface area (Å²) in [5.41, 5.74) is -0.608. The minimum Gasteiger partial charge on any atom is -0.548 e. The van der Waals surface area contributed by atoms with Gasteiger partial charge in [0.15, 0.2) is 0 Å². The molecule has 0 spiro atoms. The van der Waals surface area contributed by atoms with Crippen molar-refractivity contribution < 1.29 is 27.9 Å². The lowest BCUT2D eigenvalue weighted by molar-refractivity contribution is -0.308. The Bertz CT molecular complexity index is 729. The normalized spacial score (nSPS) is 12.5. The third-order valence-electron chi connectivity index (χ3n) is 3.32. The van der Waals surface area contributed by atoms with Gasteiger partial charge in [-0.15, -0.1) is 0 Å². The molecule has 0 aromatic heterocycles. The number of carboxylic acid groups (broad SMARTS) is 1. The SMILES string of the molecule is O=C(N[C@@H](Cc1ccccc1)C(=O)[O-])c1cccc(C(F)(F)F)c1. The second-order valence-corrected chi connectivity index (χ2v) is 5.11. The van der Waals surface area contributed by atoms with Gasteiger partial charge in [0.25, 0.3) is 5.91 Å². The largest absolute Gasteiger partial charge is 0.548 e. The van der Waals surface area contributed by atoms with E-state index in [1.807, 2.05) is 0 Å². The molecule has 1 N–H and O–H groups in total. The molecule has 7 heteroatoms. The number of carboxylic acids is 1. The minimum absolute atomic E-state index is 0.0339. The monoisotopic (exact) mass is 336 g/mol. The molecule has 0 aliphatic rings. The van der Waals surface area contributed by atoms with Gasteiger partial charge >= 0.3 is 6.18 Å². The first-order chi connectivity index (χ1) is 11.3. The van der Waals surface area contributed by atoms with Crippen LogP contribution in [0.2, 0.25) is 0 Å². The standard InChI is InChI=1S/C17H14F3NO3/c18-17(19,20)13-8-4-7-12(10-13)15(22)21-14(16(23)24)9-11-5-2-1-3-6-11/h1-8,10,14H,9H2,(H,21,22)(H,23,24)/p-1/t14-/m0/s1. The summed E-state index contributed by atoms with van der Waals surface area (Å²) >= 11 is 0. The first-order valence-corrected chi connectivity index (χ1v) is 7.00. The summed E-state index contributed by atoms with van der Waals surface area (Å²) in [6.45, 7) is 0.